The van der Waals surface area contributed by atoms with Crippen molar-refractivity contribution in [3.05, 3.63) is 30.6 Å². The Hall–Kier alpha value is -1.53. The highest BCUT2D eigenvalue weighted by molar-refractivity contribution is 7.89. The number of hydrogen-bond donors (Lipinski definition) is 1. The highest BCUT2D eigenvalue weighted by Gasteiger charge is 2.11. The van der Waals surface area contributed by atoms with Crippen LogP contribution in [0.25, 0.3) is 11.0 Å². The molecular formula is C9H9N3O2S. The molecule has 0 bridgehead atoms. The van der Waals surface area contributed by atoms with E-state index in [1.54, 1.807) is 12.3 Å². The molecule has 1 N–H and O–H groups in total. The van der Waals surface area contributed by atoms with Gasteiger partial charge in [-0.15, -0.1) is 0 Å². The van der Waals surface area contributed by atoms with E-state index in [4.69, 9.17) is 0 Å². The van der Waals surface area contributed by atoms with Crippen LogP contribution in [0, 0.1) is 0 Å². The first-order valence-electron chi connectivity index (χ1n) is 4.28. The summed E-state index contributed by atoms with van der Waals surface area (Å²) in [6.45, 7) is 0. The van der Waals surface area contributed by atoms with Gasteiger partial charge in [-0.3, -0.25) is 9.97 Å². The van der Waals surface area contributed by atoms with Crippen LogP contribution in [-0.4, -0.2) is 25.4 Å². The third-order valence-corrected chi connectivity index (χ3v) is 3.43. The van der Waals surface area contributed by atoms with Crippen LogP contribution >= 0.6 is 0 Å². The first kappa shape index (κ1) is 10.0. The van der Waals surface area contributed by atoms with Crippen molar-refractivity contribution in [2.24, 2.45) is 0 Å². The summed E-state index contributed by atoms with van der Waals surface area (Å²) in [5.41, 5.74) is 1.24. The van der Waals surface area contributed by atoms with Crippen LogP contribution in [0.1, 0.15) is 0 Å². The minimum atomic E-state index is -3.41. The van der Waals surface area contributed by atoms with Crippen molar-refractivity contribution in [1.29, 1.82) is 0 Å². The molecule has 5 nitrogen and oxygen atoms in total. The first-order valence-corrected chi connectivity index (χ1v) is 5.76. The van der Waals surface area contributed by atoms with Gasteiger partial charge in [0.15, 0.2) is 0 Å². The van der Waals surface area contributed by atoms with Crippen molar-refractivity contribution in [3.63, 3.8) is 0 Å². The maximum atomic E-state index is 11.5. The monoisotopic (exact) mass is 223 g/mol. The van der Waals surface area contributed by atoms with Gasteiger partial charge in [0.1, 0.15) is 0 Å². The van der Waals surface area contributed by atoms with Gasteiger partial charge in [0, 0.05) is 12.4 Å². The van der Waals surface area contributed by atoms with E-state index >= 15 is 0 Å². The molecule has 1 aromatic heterocycles. The van der Waals surface area contributed by atoms with Crippen molar-refractivity contribution in [3.8, 4) is 0 Å². The van der Waals surface area contributed by atoms with Gasteiger partial charge in [-0.25, -0.2) is 13.1 Å². The van der Waals surface area contributed by atoms with Crippen LogP contribution in [0.4, 0.5) is 0 Å². The number of hydrogen-bond acceptors (Lipinski definition) is 4. The molecule has 78 valence electrons. The van der Waals surface area contributed by atoms with Gasteiger partial charge >= 0.3 is 0 Å². The predicted octanol–water partition coefficient (Wildman–Crippen LogP) is 0.538. The Morgan fingerprint density at radius 1 is 1.13 bits per heavy atom. The normalized spacial score (nSPS) is 11.8. The third kappa shape index (κ3) is 1.81. The zero-order chi connectivity index (χ0) is 10.9. The predicted molar refractivity (Wildman–Crippen MR) is 55.8 cm³/mol. The Labute approximate surface area is 87.2 Å². The van der Waals surface area contributed by atoms with Gasteiger partial charge < -0.3 is 0 Å². The lowest BCUT2D eigenvalue weighted by molar-refractivity contribution is 0.588. The largest absolute Gasteiger partial charge is 0.253 e. The minimum Gasteiger partial charge on any atom is -0.253 e. The molecule has 0 saturated heterocycles. The molecule has 0 aliphatic carbocycles. The second kappa shape index (κ2) is 3.56. The van der Waals surface area contributed by atoms with Crippen LogP contribution in [0.3, 0.4) is 0 Å². The molecule has 1 aromatic carbocycles. The summed E-state index contributed by atoms with van der Waals surface area (Å²) in [7, 11) is -2.04. The maximum absolute atomic E-state index is 11.5. The SMILES string of the molecule is CNS(=O)(=O)c1ccc2nccnc2c1. The Bertz CT molecular complexity index is 595. The minimum absolute atomic E-state index is 0.193. The fraction of sp³-hybridized carbons (Fsp3) is 0.111. The number of aromatic nitrogens is 2. The Balaban J connectivity index is 2.67. The number of sulfonamides is 1. The average Bonchev–Trinajstić information content (AvgIpc) is 2.28. The number of benzene rings is 1. The molecule has 0 amide bonds. The molecule has 0 aliphatic rings. The van der Waals surface area contributed by atoms with Gasteiger partial charge in [-0.05, 0) is 25.2 Å². The highest BCUT2D eigenvalue weighted by atomic mass is 32.2. The van der Waals surface area contributed by atoms with Crippen molar-refractivity contribution < 1.29 is 8.42 Å². The van der Waals surface area contributed by atoms with Gasteiger partial charge in [0.25, 0.3) is 0 Å². The smallest absolute Gasteiger partial charge is 0.240 e. The molecule has 0 atom stereocenters. The Morgan fingerprint density at radius 2 is 1.80 bits per heavy atom. The molecule has 15 heavy (non-hydrogen) atoms. The average molecular weight is 223 g/mol. The van der Waals surface area contributed by atoms with Crippen LogP contribution in [0.2, 0.25) is 0 Å². The van der Waals surface area contributed by atoms with E-state index in [0.29, 0.717) is 11.0 Å². The number of nitrogens with zero attached hydrogens (tertiary/aromatic N) is 2. The number of nitrogens with one attached hydrogen (secondary N) is 1. The fourth-order valence-electron chi connectivity index (χ4n) is 1.23. The molecule has 2 aromatic rings. The van der Waals surface area contributed by atoms with Crippen LogP contribution in [-0.2, 0) is 10.0 Å². The quantitative estimate of drug-likeness (QED) is 0.806. The lowest BCUT2D eigenvalue weighted by Gasteiger charge is -2.02. The summed E-state index contributed by atoms with van der Waals surface area (Å²) in [6.07, 6.45) is 3.09. The number of fused-ring (bicyclic) bond motifs is 1. The summed E-state index contributed by atoms with van der Waals surface area (Å²) in [6, 6.07) is 4.63. The van der Waals surface area contributed by atoms with E-state index in [0.717, 1.165) is 0 Å². The molecule has 0 radical (unpaired) electrons. The molecule has 0 aliphatic heterocycles. The fourth-order valence-corrected chi connectivity index (χ4v) is 1.98. The van der Waals surface area contributed by atoms with E-state index in [1.807, 2.05) is 0 Å². The summed E-state index contributed by atoms with van der Waals surface area (Å²) >= 11 is 0. The van der Waals surface area contributed by atoms with E-state index in [9.17, 15) is 8.42 Å². The number of rotatable bonds is 2. The standard InChI is InChI=1S/C9H9N3O2S/c1-10-15(13,14)7-2-3-8-9(6-7)12-5-4-11-8/h2-6,10H,1H3. The van der Waals surface area contributed by atoms with E-state index in [2.05, 4.69) is 14.7 Å². The highest BCUT2D eigenvalue weighted by Crippen LogP contribution is 2.14. The van der Waals surface area contributed by atoms with Gasteiger partial charge in [0.2, 0.25) is 10.0 Å². The molecule has 0 unspecified atom stereocenters. The van der Waals surface area contributed by atoms with E-state index in [1.165, 1.54) is 25.4 Å². The zero-order valence-electron chi connectivity index (χ0n) is 8.01. The van der Waals surface area contributed by atoms with E-state index in [-0.39, 0.29) is 4.90 Å². The van der Waals surface area contributed by atoms with Gasteiger partial charge in [0.05, 0.1) is 15.9 Å². The van der Waals surface area contributed by atoms with Crippen LogP contribution in [0.15, 0.2) is 35.5 Å². The Morgan fingerprint density at radius 3 is 2.47 bits per heavy atom. The summed E-state index contributed by atoms with van der Waals surface area (Å²) in [5, 5.41) is 0. The molecular weight excluding hydrogens is 214 g/mol. The van der Waals surface area contributed by atoms with Crippen LogP contribution < -0.4 is 4.72 Å². The maximum Gasteiger partial charge on any atom is 0.240 e. The van der Waals surface area contributed by atoms with E-state index < -0.39 is 10.0 Å². The third-order valence-electron chi connectivity index (χ3n) is 2.02. The summed E-state index contributed by atoms with van der Waals surface area (Å²) < 4.78 is 25.2. The van der Waals surface area contributed by atoms with Crippen molar-refractivity contribution in [2.75, 3.05) is 7.05 Å². The summed E-state index contributed by atoms with van der Waals surface area (Å²) in [5.74, 6) is 0. The zero-order valence-corrected chi connectivity index (χ0v) is 8.82. The lowest BCUT2D eigenvalue weighted by Crippen LogP contribution is -2.18. The topological polar surface area (TPSA) is 72.0 Å². The van der Waals surface area contributed by atoms with Crippen molar-refractivity contribution in [1.82, 2.24) is 14.7 Å². The molecule has 2 rings (SSSR count). The first-order chi connectivity index (χ1) is 7.13. The summed E-state index contributed by atoms with van der Waals surface area (Å²) in [4.78, 5) is 8.28. The van der Waals surface area contributed by atoms with Crippen molar-refractivity contribution in [2.45, 2.75) is 4.90 Å². The van der Waals surface area contributed by atoms with Crippen LogP contribution in [0.5, 0.6) is 0 Å². The molecule has 0 spiro atoms. The second-order valence-corrected chi connectivity index (χ2v) is 4.80. The van der Waals surface area contributed by atoms with Crippen molar-refractivity contribution >= 4 is 21.1 Å². The lowest BCUT2D eigenvalue weighted by atomic mass is 10.3. The Kier molecular flexibility index (Phi) is 2.37. The molecule has 1 heterocycles. The molecule has 0 saturated carbocycles. The molecule has 0 fully saturated rings. The molecule has 6 heteroatoms. The second-order valence-electron chi connectivity index (χ2n) is 2.91. The van der Waals surface area contributed by atoms with Gasteiger partial charge in [-0.1, -0.05) is 0 Å². The van der Waals surface area contributed by atoms with Gasteiger partial charge in [-0.2, -0.15) is 0 Å².